The lowest BCUT2D eigenvalue weighted by molar-refractivity contribution is 0.0478. The van der Waals surface area contributed by atoms with Gasteiger partial charge in [0, 0.05) is 31.8 Å². The first kappa shape index (κ1) is 17.0. The van der Waals surface area contributed by atoms with E-state index in [9.17, 15) is 9.90 Å². The number of aliphatic hydroxyl groups excluding tert-OH is 1. The van der Waals surface area contributed by atoms with Crippen molar-refractivity contribution in [2.45, 2.75) is 52.0 Å². The zero-order valence-electron chi connectivity index (χ0n) is 13.7. The Morgan fingerprint density at radius 3 is 2.64 bits per heavy atom. The lowest BCUT2D eigenvalue weighted by Gasteiger charge is -2.30. The van der Waals surface area contributed by atoms with Gasteiger partial charge in [0.15, 0.2) is 0 Å². The van der Waals surface area contributed by atoms with E-state index in [0.29, 0.717) is 23.7 Å². The van der Waals surface area contributed by atoms with Crippen LogP contribution in [-0.4, -0.2) is 36.9 Å². The molecule has 1 aliphatic rings. The molecular formula is C17H27NO4. The van der Waals surface area contributed by atoms with Crippen LogP contribution in [-0.2, 0) is 4.74 Å². The Morgan fingerprint density at radius 1 is 1.41 bits per heavy atom. The van der Waals surface area contributed by atoms with Gasteiger partial charge in [-0.25, -0.2) is 0 Å². The highest BCUT2D eigenvalue weighted by atomic mass is 16.5. The Balaban J connectivity index is 2.06. The number of furan rings is 1. The monoisotopic (exact) mass is 309 g/mol. The van der Waals surface area contributed by atoms with E-state index < -0.39 is 0 Å². The van der Waals surface area contributed by atoms with Gasteiger partial charge in [0.05, 0.1) is 5.56 Å². The predicted molar refractivity (Wildman–Crippen MR) is 84.0 cm³/mol. The SMILES string of the molecule is Cc1oc(C(C)C)cc1C(=O)NC(CCO)C1CCOCC1. The molecule has 1 aliphatic heterocycles. The molecule has 0 radical (unpaired) electrons. The van der Waals surface area contributed by atoms with Crippen LogP contribution >= 0.6 is 0 Å². The molecule has 22 heavy (non-hydrogen) atoms. The van der Waals surface area contributed by atoms with Crippen molar-refractivity contribution in [3.63, 3.8) is 0 Å². The van der Waals surface area contributed by atoms with Crippen LogP contribution in [0.1, 0.15) is 60.9 Å². The van der Waals surface area contributed by atoms with Crippen LogP contribution in [0.25, 0.3) is 0 Å². The van der Waals surface area contributed by atoms with Crippen LogP contribution in [0.5, 0.6) is 0 Å². The Kier molecular flexibility index (Phi) is 6.03. The smallest absolute Gasteiger partial charge is 0.255 e. The average Bonchev–Trinajstić information content (AvgIpc) is 2.90. The maximum Gasteiger partial charge on any atom is 0.255 e. The van der Waals surface area contributed by atoms with E-state index in [-0.39, 0.29) is 24.5 Å². The van der Waals surface area contributed by atoms with E-state index in [4.69, 9.17) is 9.15 Å². The molecule has 2 N–H and O–H groups in total. The van der Waals surface area contributed by atoms with Gasteiger partial charge in [-0.15, -0.1) is 0 Å². The number of hydrogen-bond donors (Lipinski definition) is 2. The maximum atomic E-state index is 12.5. The first-order valence-electron chi connectivity index (χ1n) is 8.12. The summed E-state index contributed by atoms with van der Waals surface area (Å²) in [6, 6.07) is 1.81. The van der Waals surface area contributed by atoms with Crippen LogP contribution in [0.4, 0.5) is 0 Å². The van der Waals surface area contributed by atoms with Crippen molar-refractivity contribution in [2.75, 3.05) is 19.8 Å². The van der Waals surface area contributed by atoms with Gasteiger partial charge >= 0.3 is 0 Å². The van der Waals surface area contributed by atoms with E-state index in [1.807, 2.05) is 26.8 Å². The lowest BCUT2D eigenvalue weighted by atomic mass is 9.89. The quantitative estimate of drug-likeness (QED) is 0.847. The normalized spacial score (nSPS) is 17.7. The van der Waals surface area contributed by atoms with Crippen LogP contribution in [0.3, 0.4) is 0 Å². The minimum atomic E-state index is -0.113. The number of hydrogen-bond acceptors (Lipinski definition) is 4. The van der Waals surface area contributed by atoms with Crippen LogP contribution < -0.4 is 5.32 Å². The van der Waals surface area contributed by atoms with E-state index in [0.717, 1.165) is 31.8 Å². The average molecular weight is 309 g/mol. The van der Waals surface area contributed by atoms with E-state index in [1.165, 1.54) is 0 Å². The topological polar surface area (TPSA) is 71.7 Å². The molecule has 0 saturated carbocycles. The summed E-state index contributed by atoms with van der Waals surface area (Å²) in [5.41, 5.74) is 0.596. The van der Waals surface area contributed by atoms with Crippen molar-refractivity contribution in [1.82, 2.24) is 5.32 Å². The number of aliphatic hydroxyl groups is 1. The van der Waals surface area contributed by atoms with Gasteiger partial charge in [0.25, 0.3) is 5.91 Å². The molecule has 124 valence electrons. The molecular weight excluding hydrogens is 282 g/mol. The van der Waals surface area contributed by atoms with Crippen LogP contribution in [0, 0.1) is 12.8 Å². The number of amides is 1. The van der Waals surface area contributed by atoms with E-state index in [1.54, 1.807) is 0 Å². The molecule has 0 aliphatic carbocycles. The molecule has 0 aromatic carbocycles. The standard InChI is InChI=1S/C17H27NO4/c1-11(2)16-10-14(12(3)22-16)17(20)18-15(4-7-19)13-5-8-21-9-6-13/h10-11,13,15,19H,4-9H2,1-3H3,(H,18,20). The maximum absolute atomic E-state index is 12.5. The van der Waals surface area contributed by atoms with Crippen molar-refractivity contribution in [3.8, 4) is 0 Å². The Labute approximate surface area is 132 Å². The highest BCUT2D eigenvalue weighted by Crippen LogP contribution is 2.24. The van der Waals surface area contributed by atoms with Gasteiger partial charge in [-0.05, 0) is 38.2 Å². The van der Waals surface area contributed by atoms with Gasteiger partial charge in [0.2, 0.25) is 0 Å². The van der Waals surface area contributed by atoms with Crippen molar-refractivity contribution in [2.24, 2.45) is 5.92 Å². The van der Waals surface area contributed by atoms with Gasteiger partial charge in [-0.2, -0.15) is 0 Å². The molecule has 1 fully saturated rings. The minimum Gasteiger partial charge on any atom is -0.465 e. The fraction of sp³-hybridized carbons (Fsp3) is 0.706. The molecule has 5 heteroatoms. The zero-order chi connectivity index (χ0) is 16.1. The molecule has 5 nitrogen and oxygen atoms in total. The molecule has 1 amide bonds. The largest absolute Gasteiger partial charge is 0.465 e. The molecule has 2 rings (SSSR count). The molecule has 1 aromatic rings. The summed E-state index contributed by atoms with van der Waals surface area (Å²) in [5, 5.41) is 12.4. The van der Waals surface area contributed by atoms with Crippen molar-refractivity contribution >= 4 is 5.91 Å². The van der Waals surface area contributed by atoms with Crippen molar-refractivity contribution < 1.29 is 19.1 Å². The fourth-order valence-corrected chi connectivity index (χ4v) is 2.94. The molecule has 1 unspecified atom stereocenters. The number of carbonyl (C=O) groups excluding carboxylic acids is 1. The highest BCUT2D eigenvalue weighted by Gasteiger charge is 2.26. The highest BCUT2D eigenvalue weighted by molar-refractivity contribution is 5.95. The van der Waals surface area contributed by atoms with Crippen molar-refractivity contribution in [3.05, 3.63) is 23.2 Å². The first-order valence-corrected chi connectivity index (χ1v) is 8.12. The van der Waals surface area contributed by atoms with Crippen LogP contribution in [0.15, 0.2) is 10.5 Å². The van der Waals surface area contributed by atoms with Gasteiger partial charge < -0.3 is 19.6 Å². The second kappa shape index (κ2) is 7.79. The second-order valence-electron chi connectivity index (χ2n) is 6.32. The molecule has 0 spiro atoms. The Hall–Kier alpha value is -1.33. The Morgan fingerprint density at radius 2 is 2.09 bits per heavy atom. The molecule has 1 aromatic heterocycles. The third kappa shape index (κ3) is 4.11. The lowest BCUT2D eigenvalue weighted by Crippen LogP contribution is -2.43. The molecule has 1 atom stereocenters. The molecule has 0 bridgehead atoms. The molecule has 1 saturated heterocycles. The summed E-state index contributed by atoms with van der Waals surface area (Å²) in [5.74, 6) is 1.98. The summed E-state index contributed by atoms with van der Waals surface area (Å²) in [6.07, 6.45) is 2.42. The summed E-state index contributed by atoms with van der Waals surface area (Å²) < 4.78 is 11.0. The Bertz CT molecular complexity index is 489. The van der Waals surface area contributed by atoms with Gasteiger partial charge in [-0.3, -0.25) is 4.79 Å². The van der Waals surface area contributed by atoms with Crippen molar-refractivity contribution in [1.29, 1.82) is 0 Å². The fourth-order valence-electron chi connectivity index (χ4n) is 2.94. The third-order valence-corrected chi connectivity index (χ3v) is 4.34. The summed E-state index contributed by atoms with van der Waals surface area (Å²) >= 11 is 0. The number of nitrogens with one attached hydrogen (secondary N) is 1. The first-order chi connectivity index (χ1) is 10.5. The van der Waals surface area contributed by atoms with E-state index in [2.05, 4.69) is 5.32 Å². The zero-order valence-corrected chi connectivity index (χ0v) is 13.7. The third-order valence-electron chi connectivity index (χ3n) is 4.34. The van der Waals surface area contributed by atoms with Gasteiger partial charge in [0.1, 0.15) is 11.5 Å². The van der Waals surface area contributed by atoms with E-state index >= 15 is 0 Å². The number of ether oxygens (including phenoxy) is 1. The van der Waals surface area contributed by atoms with Crippen LogP contribution in [0.2, 0.25) is 0 Å². The number of aryl methyl sites for hydroxylation is 1. The second-order valence-corrected chi connectivity index (χ2v) is 6.32. The predicted octanol–water partition coefficient (Wildman–Crippen LogP) is 2.62. The number of carbonyl (C=O) groups is 1. The summed E-state index contributed by atoms with van der Waals surface area (Å²) in [6.45, 7) is 7.42. The van der Waals surface area contributed by atoms with Gasteiger partial charge in [-0.1, -0.05) is 13.8 Å². The summed E-state index contributed by atoms with van der Waals surface area (Å²) in [7, 11) is 0. The summed E-state index contributed by atoms with van der Waals surface area (Å²) in [4.78, 5) is 12.5. The minimum absolute atomic E-state index is 0.0156. The number of rotatable bonds is 6. The molecule has 2 heterocycles.